The van der Waals surface area contributed by atoms with E-state index >= 15 is 0 Å². The second kappa shape index (κ2) is 7.94. The van der Waals surface area contributed by atoms with Crippen LogP contribution in [0, 0.1) is 0 Å². The van der Waals surface area contributed by atoms with Gasteiger partial charge < -0.3 is 9.47 Å². The molecule has 1 aliphatic rings. The van der Waals surface area contributed by atoms with Gasteiger partial charge in [-0.15, -0.1) is 0 Å². The number of aromatic nitrogens is 2. The number of amides is 1. The van der Waals surface area contributed by atoms with E-state index in [2.05, 4.69) is 46.7 Å². The molecular formula is C22H25ClN4O. The van der Waals surface area contributed by atoms with E-state index in [1.807, 2.05) is 23.1 Å². The van der Waals surface area contributed by atoms with E-state index in [1.54, 1.807) is 6.92 Å². The normalized spacial score (nSPS) is 16.5. The maximum absolute atomic E-state index is 11.6. The average Bonchev–Trinajstić information content (AvgIpc) is 3.05. The topological polar surface area (TPSA) is 41.4 Å². The number of benzene rings is 2. The Morgan fingerprint density at radius 2 is 1.82 bits per heavy atom. The number of hydrogen-bond acceptors (Lipinski definition) is 3. The highest BCUT2D eigenvalue weighted by Crippen LogP contribution is 2.28. The zero-order valence-electron chi connectivity index (χ0n) is 16.3. The molecule has 1 amide bonds. The third kappa shape index (κ3) is 3.77. The molecule has 1 saturated heterocycles. The van der Waals surface area contributed by atoms with E-state index in [0.29, 0.717) is 5.02 Å². The van der Waals surface area contributed by atoms with Crippen molar-refractivity contribution >= 4 is 28.5 Å². The van der Waals surface area contributed by atoms with E-state index in [4.69, 9.17) is 16.6 Å². The zero-order chi connectivity index (χ0) is 19.7. The van der Waals surface area contributed by atoms with Crippen LogP contribution in [0.15, 0.2) is 48.5 Å². The maximum atomic E-state index is 11.6. The summed E-state index contributed by atoms with van der Waals surface area (Å²) < 4.78 is 2.29. The van der Waals surface area contributed by atoms with Crippen LogP contribution in [0.5, 0.6) is 0 Å². The largest absolute Gasteiger partial charge is 0.340 e. The van der Waals surface area contributed by atoms with Crippen molar-refractivity contribution < 1.29 is 4.79 Å². The van der Waals surface area contributed by atoms with Gasteiger partial charge in [-0.3, -0.25) is 9.69 Å². The van der Waals surface area contributed by atoms with Gasteiger partial charge in [-0.25, -0.2) is 4.98 Å². The molecular weight excluding hydrogens is 372 g/mol. The molecule has 1 atom stereocenters. The molecule has 3 aromatic rings. The van der Waals surface area contributed by atoms with Crippen molar-refractivity contribution in [1.82, 2.24) is 19.4 Å². The molecule has 146 valence electrons. The van der Waals surface area contributed by atoms with E-state index < -0.39 is 0 Å². The first kappa shape index (κ1) is 19.0. The fourth-order valence-electron chi connectivity index (χ4n) is 3.96. The van der Waals surface area contributed by atoms with Gasteiger partial charge in [-0.05, 0) is 30.7 Å². The summed E-state index contributed by atoms with van der Waals surface area (Å²) in [5, 5.41) is 0.700. The molecule has 2 aromatic carbocycles. The Hall–Kier alpha value is -2.37. The number of fused-ring (bicyclic) bond motifs is 1. The van der Waals surface area contributed by atoms with Crippen LogP contribution in [-0.4, -0.2) is 51.4 Å². The van der Waals surface area contributed by atoms with Gasteiger partial charge in [0.05, 0.1) is 17.1 Å². The van der Waals surface area contributed by atoms with Crippen molar-refractivity contribution in [3.63, 3.8) is 0 Å². The molecule has 0 spiro atoms. The van der Waals surface area contributed by atoms with E-state index in [1.165, 1.54) is 5.56 Å². The van der Waals surface area contributed by atoms with Crippen LogP contribution in [0.4, 0.5) is 0 Å². The molecule has 0 saturated carbocycles. The molecule has 0 bridgehead atoms. The van der Waals surface area contributed by atoms with Crippen LogP contribution >= 0.6 is 11.6 Å². The molecule has 0 aliphatic carbocycles. The minimum Gasteiger partial charge on any atom is -0.340 e. The van der Waals surface area contributed by atoms with Gasteiger partial charge in [0.15, 0.2) is 0 Å². The molecule has 4 rings (SSSR count). The molecule has 6 heteroatoms. The number of imidazole rings is 1. The van der Waals surface area contributed by atoms with Gasteiger partial charge in [0.1, 0.15) is 5.82 Å². The Morgan fingerprint density at radius 1 is 1.11 bits per heavy atom. The van der Waals surface area contributed by atoms with Crippen LogP contribution in [0.2, 0.25) is 5.02 Å². The molecule has 1 aromatic heterocycles. The minimum atomic E-state index is 0.151. The Labute approximate surface area is 170 Å². The summed E-state index contributed by atoms with van der Waals surface area (Å²) in [6.45, 7) is 7.86. The number of hydrogen-bond donors (Lipinski definition) is 0. The number of carbonyl (C=O) groups is 1. The standard InChI is InChI=1S/C22H25ClN4O/c1-16(25-10-12-26(13-11-25)17(2)28)22-24-20-14-19(23)8-9-21(20)27(22)15-18-6-4-3-5-7-18/h3-9,14,16H,10-13,15H2,1-2H3/t16-/m0/s1. The Balaban J connectivity index is 1.67. The van der Waals surface area contributed by atoms with Crippen LogP contribution in [0.3, 0.4) is 0 Å². The summed E-state index contributed by atoms with van der Waals surface area (Å²) >= 11 is 6.22. The minimum absolute atomic E-state index is 0.151. The third-order valence-corrected chi connectivity index (χ3v) is 5.84. The fraction of sp³-hybridized carbons (Fsp3) is 0.364. The summed E-state index contributed by atoms with van der Waals surface area (Å²) in [5.74, 6) is 1.19. The van der Waals surface area contributed by atoms with Gasteiger partial charge >= 0.3 is 0 Å². The molecule has 28 heavy (non-hydrogen) atoms. The van der Waals surface area contributed by atoms with Gasteiger partial charge in [-0.1, -0.05) is 41.9 Å². The molecule has 1 fully saturated rings. The lowest BCUT2D eigenvalue weighted by molar-refractivity contribution is -0.130. The van der Waals surface area contributed by atoms with Crippen molar-refractivity contribution in [3.05, 3.63) is 64.9 Å². The lowest BCUT2D eigenvalue weighted by Gasteiger charge is -2.37. The summed E-state index contributed by atoms with van der Waals surface area (Å²) in [6, 6.07) is 16.5. The van der Waals surface area contributed by atoms with Crippen LogP contribution in [0.25, 0.3) is 11.0 Å². The number of rotatable bonds is 4. The van der Waals surface area contributed by atoms with Gasteiger partial charge in [0.2, 0.25) is 5.91 Å². The van der Waals surface area contributed by atoms with Crippen LogP contribution in [0.1, 0.15) is 31.3 Å². The lowest BCUT2D eigenvalue weighted by Crippen LogP contribution is -2.48. The van der Waals surface area contributed by atoms with Crippen molar-refractivity contribution in [1.29, 1.82) is 0 Å². The predicted molar refractivity (Wildman–Crippen MR) is 113 cm³/mol. The van der Waals surface area contributed by atoms with Crippen molar-refractivity contribution in [2.24, 2.45) is 0 Å². The van der Waals surface area contributed by atoms with Gasteiger partial charge in [0, 0.05) is 44.7 Å². The highest BCUT2D eigenvalue weighted by molar-refractivity contribution is 6.31. The SMILES string of the molecule is CC(=O)N1CCN([C@@H](C)c2nc3cc(Cl)ccc3n2Cc2ccccc2)CC1. The summed E-state index contributed by atoms with van der Waals surface area (Å²) in [4.78, 5) is 20.9. The van der Waals surface area contributed by atoms with E-state index in [-0.39, 0.29) is 11.9 Å². The Kier molecular flexibility index (Phi) is 5.38. The number of piperazine rings is 1. The maximum Gasteiger partial charge on any atom is 0.219 e. The van der Waals surface area contributed by atoms with Gasteiger partial charge in [-0.2, -0.15) is 0 Å². The van der Waals surface area contributed by atoms with E-state index in [9.17, 15) is 4.79 Å². The summed E-state index contributed by atoms with van der Waals surface area (Å²) in [5.41, 5.74) is 3.26. The Morgan fingerprint density at radius 3 is 2.50 bits per heavy atom. The first-order valence-corrected chi connectivity index (χ1v) is 10.1. The quantitative estimate of drug-likeness (QED) is 0.670. The van der Waals surface area contributed by atoms with E-state index in [0.717, 1.165) is 49.6 Å². The number of nitrogens with zero attached hydrogens (tertiary/aromatic N) is 4. The molecule has 0 unspecified atom stereocenters. The van der Waals surface area contributed by atoms with Crippen molar-refractivity contribution in [2.75, 3.05) is 26.2 Å². The smallest absolute Gasteiger partial charge is 0.219 e. The molecule has 0 radical (unpaired) electrons. The van der Waals surface area contributed by atoms with Crippen molar-refractivity contribution in [2.45, 2.75) is 26.4 Å². The van der Waals surface area contributed by atoms with Crippen LogP contribution in [-0.2, 0) is 11.3 Å². The Bertz CT molecular complexity index is 977. The second-order valence-corrected chi connectivity index (χ2v) is 7.83. The third-order valence-electron chi connectivity index (χ3n) is 5.60. The molecule has 0 N–H and O–H groups in total. The first-order valence-electron chi connectivity index (χ1n) is 9.72. The summed E-state index contributed by atoms with van der Waals surface area (Å²) in [6.07, 6.45) is 0. The average molecular weight is 397 g/mol. The van der Waals surface area contributed by atoms with Gasteiger partial charge in [0.25, 0.3) is 0 Å². The predicted octanol–water partition coefficient (Wildman–Crippen LogP) is 3.96. The molecule has 2 heterocycles. The zero-order valence-corrected chi connectivity index (χ0v) is 17.1. The first-order chi connectivity index (χ1) is 13.5. The monoisotopic (exact) mass is 396 g/mol. The molecule has 5 nitrogen and oxygen atoms in total. The fourth-order valence-corrected chi connectivity index (χ4v) is 4.13. The summed E-state index contributed by atoms with van der Waals surface area (Å²) in [7, 11) is 0. The van der Waals surface area contributed by atoms with Crippen molar-refractivity contribution in [3.8, 4) is 0 Å². The highest BCUT2D eigenvalue weighted by Gasteiger charge is 2.27. The number of carbonyl (C=O) groups excluding carboxylic acids is 1. The second-order valence-electron chi connectivity index (χ2n) is 7.39. The lowest BCUT2D eigenvalue weighted by atomic mass is 10.2. The van der Waals surface area contributed by atoms with Crippen LogP contribution < -0.4 is 0 Å². The highest BCUT2D eigenvalue weighted by atomic mass is 35.5. The number of halogens is 1. The molecule has 1 aliphatic heterocycles.